The standard InChI is InChI=1S/C11H21N3O3S/c1-18-5-3-9(10(15)16)13-11(17)14-4-2-8(6-12)7-14/h8-9H,2-7,12H2,1H3,(H,13,17)(H,15,16)/t8?,9-/m1/s1. The molecule has 2 atom stereocenters. The van der Waals surface area contributed by atoms with E-state index in [0.717, 1.165) is 6.42 Å². The van der Waals surface area contributed by atoms with Crippen LogP contribution in [-0.4, -0.2) is 59.7 Å². The first-order chi connectivity index (χ1) is 8.58. The molecule has 1 heterocycles. The highest BCUT2D eigenvalue weighted by Crippen LogP contribution is 2.15. The van der Waals surface area contributed by atoms with Crippen LogP contribution in [0, 0.1) is 5.92 Å². The van der Waals surface area contributed by atoms with Gasteiger partial charge in [-0.05, 0) is 37.3 Å². The van der Waals surface area contributed by atoms with E-state index in [0.29, 0.717) is 37.7 Å². The molecule has 0 spiro atoms. The number of rotatable bonds is 6. The first kappa shape index (κ1) is 15.1. The molecule has 0 radical (unpaired) electrons. The number of hydrogen-bond acceptors (Lipinski definition) is 4. The zero-order chi connectivity index (χ0) is 13.5. The lowest BCUT2D eigenvalue weighted by molar-refractivity contribution is -0.139. The van der Waals surface area contributed by atoms with Crippen LogP contribution in [0.2, 0.25) is 0 Å². The Balaban J connectivity index is 2.43. The molecule has 0 aliphatic carbocycles. The summed E-state index contributed by atoms with van der Waals surface area (Å²) in [5, 5.41) is 11.6. The number of nitrogens with one attached hydrogen (secondary N) is 1. The van der Waals surface area contributed by atoms with Crippen LogP contribution in [0.5, 0.6) is 0 Å². The Morgan fingerprint density at radius 1 is 1.61 bits per heavy atom. The molecule has 1 aliphatic rings. The van der Waals surface area contributed by atoms with E-state index in [2.05, 4.69) is 5.32 Å². The number of likely N-dealkylation sites (tertiary alicyclic amines) is 1. The molecule has 1 aliphatic heterocycles. The van der Waals surface area contributed by atoms with E-state index in [9.17, 15) is 9.59 Å². The van der Waals surface area contributed by atoms with Crippen molar-refractivity contribution in [2.45, 2.75) is 18.9 Å². The Hall–Kier alpha value is -0.950. The van der Waals surface area contributed by atoms with E-state index in [1.165, 1.54) is 0 Å². The van der Waals surface area contributed by atoms with Crippen molar-refractivity contribution in [3.63, 3.8) is 0 Å². The van der Waals surface area contributed by atoms with E-state index in [4.69, 9.17) is 10.8 Å². The molecule has 1 unspecified atom stereocenters. The summed E-state index contributed by atoms with van der Waals surface area (Å²) in [7, 11) is 0. The van der Waals surface area contributed by atoms with Gasteiger partial charge in [0, 0.05) is 13.1 Å². The summed E-state index contributed by atoms with van der Waals surface area (Å²) in [6.45, 7) is 1.85. The lowest BCUT2D eigenvalue weighted by Crippen LogP contribution is -2.47. The molecule has 4 N–H and O–H groups in total. The molecule has 0 aromatic carbocycles. The number of carboxylic acids is 1. The monoisotopic (exact) mass is 275 g/mol. The van der Waals surface area contributed by atoms with E-state index in [1.807, 2.05) is 6.26 Å². The maximum Gasteiger partial charge on any atom is 0.326 e. The fourth-order valence-electron chi connectivity index (χ4n) is 1.94. The number of nitrogens with two attached hydrogens (primary N) is 1. The van der Waals surface area contributed by atoms with Gasteiger partial charge in [0.05, 0.1) is 0 Å². The fourth-order valence-corrected chi connectivity index (χ4v) is 2.41. The normalized spacial score (nSPS) is 20.8. The van der Waals surface area contributed by atoms with Crippen LogP contribution in [0.1, 0.15) is 12.8 Å². The zero-order valence-corrected chi connectivity index (χ0v) is 11.4. The Morgan fingerprint density at radius 3 is 2.83 bits per heavy atom. The van der Waals surface area contributed by atoms with Crippen molar-refractivity contribution >= 4 is 23.8 Å². The molecule has 0 bridgehead atoms. The number of thioether (sulfide) groups is 1. The minimum Gasteiger partial charge on any atom is -0.480 e. The zero-order valence-electron chi connectivity index (χ0n) is 10.6. The first-order valence-electron chi connectivity index (χ1n) is 6.05. The largest absolute Gasteiger partial charge is 0.480 e. The van der Waals surface area contributed by atoms with E-state index in [1.54, 1.807) is 16.7 Å². The lowest BCUT2D eigenvalue weighted by atomic mass is 10.1. The number of carboxylic acid groups (broad SMARTS) is 1. The third kappa shape index (κ3) is 4.38. The maximum atomic E-state index is 11.9. The molecule has 1 saturated heterocycles. The van der Waals surface area contributed by atoms with Crippen LogP contribution >= 0.6 is 11.8 Å². The summed E-state index contributed by atoms with van der Waals surface area (Å²) >= 11 is 1.57. The number of carbonyl (C=O) groups excluding carboxylic acids is 1. The highest BCUT2D eigenvalue weighted by Gasteiger charge is 2.28. The predicted molar refractivity (Wildman–Crippen MR) is 71.7 cm³/mol. The highest BCUT2D eigenvalue weighted by molar-refractivity contribution is 7.98. The van der Waals surface area contributed by atoms with Crippen LogP contribution in [0.25, 0.3) is 0 Å². The summed E-state index contributed by atoms with van der Waals surface area (Å²) in [6.07, 6.45) is 3.25. The summed E-state index contributed by atoms with van der Waals surface area (Å²) in [5.74, 6) is 0.0695. The highest BCUT2D eigenvalue weighted by atomic mass is 32.2. The summed E-state index contributed by atoms with van der Waals surface area (Å²) in [4.78, 5) is 24.5. The second-order valence-electron chi connectivity index (χ2n) is 4.46. The Labute approximate surface area is 111 Å². The molecular formula is C11H21N3O3S. The van der Waals surface area contributed by atoms with Crippen molar-refractivity contribution in [1.82, 2.24) is 10.2 Å². The molecule has 1 rings (SSSR count). The average molecular weight is 275 g/mol. The number of carbonyl (C=O) groups is 2. The van der Waals surface area contributed by atoms with Gasteiger partial charge < -0.3 is 21.1 Å². The molecular weight excluding hydrogens is 254 g/mol. The smallest absolute Gasteiger partial charge is 0.326 e. The quantitative estimate of drug-likeness (QED) is 0.643. The minimum atomic E-state index is -0.980. The van der Waals surface area contributed by atoms with Gasteiger partial charge in [0.15, 0.2) is 0 Å². The summed E-state index contributed by atoms with van der Waals surface area (Å²) in [6, 6.07) is -1.10. The molecule has 2 amide bonds. The molecule has 0 aromatic rings. The molecule has 7 heteroatoms. The van der Waals surface area contributed by atoms with Crippen molar-refractivity contribution in [1.29, 1.82) is 0 Å². The third-order valence-corrected chi connectivity index (χ3v) is 3.76. The van der Waals surface area contributed by atoms with E-state index < -0.39 is 12.0 Å². The van der Waals surface area contributed by atoms with Crippen molar-refractivity contribution in [3.8, 4) is 0 Å². The van der Waals surface area contributed by atoms with Gasteiger partial charge in [-0.1, -0.05) is 0 Å². The third-order valence-electron chi connectivity index (χ3n) is 3.11. The number of urea groups is 1. The van der Waals surface area contributed by atoms with Gasteiger partial charge in [0.2, 0.25) is 0 Å². The van der Waals surface area contributed by atoms with Gasteiger partial charge in [-0.3, -0.25) is 0 Å². The van der Waals surface area contributed by atoms with Gasteiger partial charge in [0.1, 0.15) is 6.04 Å². The van der Waals surface area contributed by atoms with Crippen LogP contribution in [0.4, 0.5) is 4.79 Å². The van der Waals surface area contributed by atoms with E-state index in [-0.39, 0.29) is 6.03 Å². The molecule has 0 saturated carbocycles. The summed E-state index contributed by atoms with van der Waals surface area (Å²) in [5.41, 5.74) is 5.56. The second kappa shape index (κ2) is 7.48. The summed E-state index contributed by atoms with van der Waals surface area (Å²) < 4.78 is 0. The SMILES string of the molecule is CSCC[C@@H](NC(=O)N1CCC(CN)C1)C(=O)O. The minimum absolute atomic E-state index is 0.292. The van der Waals surface area contributed by atoms with Crippen molar-refractivity contribution in [3.05, 3.63) is 0 Å². The molecule has 18 heavy (non-hydrogen) atoms. The Kier molecular flexibility index (Phi) is 6.28. The van der Waals surface area contributed by atoms with Crippen LogP contribution in [0.15, 0.2) is 0 Å². The number of aliphatic carboxylic acids is 1. The molecule has 6 nitrogen and oxygen atoms in total. The van der Waals surface area contributed by atoms with Crippen LogP contribution in [0.3, 0.4) is 0 Å². The fraction of sp³-hybridized carbons (Fsp3) is 0.818. The van der Waals surface area contributed by atoms with Gasteiger partial charge in [-0.15, -0.1) is 0 Å². The Bertz CT molecular complexity index is 301. The number of nitrogens with zero attached hydrogens (tertiary/aromatic N) is 1. The topological polar surface area (TPSA) is 95.7 Å². The van der Waals surface area contributed by atoms with Crippen molar-refractivity contribution < 1.29 is 14.7 Å². The van der Waals surface area contributed by atoms with Gasteiger partial charge in [0.25, 0.3) is 0 Å². The van der Waals surface area contributed by atoms with Crippen LogP contribution < -0.4 is 11.1 Å². The van der Waals surface area contributed by atoms with Gasteiger partial charge in [-0.2, -0.15) is 11.8 Å². The average Bonchev–Trinajstić information content (AvgIpc) is 2.82. The Morgan fingerprint density at radius 2 is 2.33 bits per heavy atom. The van der Waals surface area contributed by atoms with Gasteiger partial charge >= 0.3 is 12.0 Å². The predicted octanol–water partition coefficient (Wildman–Crippen LogP) is 0.183. The maximum absolute atomic E-state index is 11.9. The van der Waals surface area contributed by atoms with E-state index >= 15 is 0 Å². The number of amides is 2. The molecule has 1 fully saturated rings. The number of hydrogen-bond donors (Lipinski definition) is 3. The molecule has 104 valence electrons. The molecule has 0 aromatic heterocycles. The van der Waals surface area contributed by atoms with Crippen molar-refractivity contribution in [2.75, 3.05) is 31.6 Å². The van der Waals surface area contributed by atoms with Gasteiger partial charge in [-0.25, -0.2) is 9.59 Å². The lowest BCUT2D eigenvalue weighted by Gasteiger charge is -2.20. The van der Waals surface area contributed by atoms with Crippen LogP contribution in [-0.2, 0) is 4.79 Å². The second-order valence-corrected chi connectivity index (χ2v) is 5.44. The first-order valence-corrected chi connectivity index (χ1v) is 7.45. The van der Waals surface area contributed by atoms with Crippen molar-refractivity contribution in [2.24, 2.45) is 11.7 Å².